The van der Waals surface area contributed by atoms with Crippen LogP contribution in [-0.2, 0) is 6.54 Å². The third kappa shape index (κ3) is 2.64. The lowest BCUT2D eigenvalue weighted by molar-refractivity contribution is 0.174. The molecular formula is C16H13N3O4. The second-order valence-electron chi connectivity index (χ2n) is 5.00. The first-order valence-electron chi connectivity index (χ1n) is 7.07. The molecule has 0 saturated heterocycles. The largest absolute Gasteiger partial charge is 0.454 e. The zero-order valence-corrected chi connectivity index (χ0v) is 12.0. The number of para-hydroxylation sites is 1. The summed E-state index contributed by atoms with van der Waals surface area (Å²) >= 11 is 0. The van der Waals surface area contributed by atoms with E-state index in [4.69, 9.17) is 14.0 Å². The maximum atomic E-state index is 12.0. The van der Waals surface area contributed by atoms with E-state index in [0.29, 0.717) is 28.5 Å². The quantitative estimate of drug-likeness (QED) is 0.777. The number of hydrogen-bond donors (Lipinski definition) is 2. The molecule has 1 aliphatic rings. The van der Waals surface area contributed by atoms with Crippen LogP contribution in [0, 0.1) is 0 Å². The summed E-state index contributed by atoms with van der Waals surface area (Å²) in [6.07, 6.45) is 0. The number of nitrogens with zero attached hydrogens (tertiary/aromatic N) is 1. The van der Waals surface area contributed by atoms with Crippen molar-refractivity contribution in [2.45, 2.75) is 6.54 Å². The maximum absolute atomic E-state index is 12.0. The van der Waals surface area contributed by atoms with Gasteiger partial charge in [0.2, 0.25) is 6.79 Å². The van der Waals surface area contributed by atoms with Gasteiger partial charge in [0.15, 0.2) is 17.1 Å². The minimum Gasteiger partial charge on any atom is -0.454 e. The number of nitrogens with one attached hydrogen (secondary N) is 2. The molecule has 7 nitrogen and oxygen atoms in total. The van der Waals surface area contributed by atoms with Crippen LogP contribution in [0.2, 0.25) is 0 Å². The number of amides is 2. The van der Waals surface area contributed by atoms with Crippen LogP contribution in [0.15, 0.2) is 47.0 Å². The molecular weight excluding hydrogens is 298 g/mol. The molecule has 7 heteroatoms. The molecule has 2 heterocycles. The molecule has 0 unspecified atom stereocenters. The summed E-state index contributed by atoms with van der Waals surface area (Å²) in [5.41, 5.74) is 2.00. The van der Waals surface area contributed by atoms with Gasteiger partial charge in [0.25, 0.3) is 0 Å². The summed E-state index contributed by atoms with van der Waals surface area (Å²) in [4.78, 5) is 12.0. The lowest BCUT2D eigenvalue weighted by Gasteiger charge is -2.07. The number of aromatic nitrogens is 1. The standard InChI is InChI=1S/C16H13N3O4/c20-16(18-10-5-6-14-15(7-10)22-9-21-14)17-8-12-11-3-1-2-4-13(11)23-19-12/h1-7H,8-9H2,(H2,17,18,20). The predicted molar refractivity (Wildman–Crippen MR) is 82.4 cm³/mol. The molecule has 0 saturated carbocycles. The Morgan fingerprint density at radius 3 is 2.96 bits per heavy atom. The van der Waals surface area contributed by atoms with Crippen LogP contribution in [0.1, 0.15) is 5.69 Å². The van der Waals surface area contributed by atoms with Crippen molar-refractivity contribution in [1.29, 1.82) is 0 Å². The number of carbonyl (C=O) groups excluding carboxylic acids is 1. The van der Waals surface area contributed by atoms with Crippen molar-refractivity contribution >= 4 is 22.7 Å². The Kier molecular flexibility index (Phi) is 3.23. The Hall–Kier alpha value is -3.22. The number of carbonyl (C=O) groups is 1. The molecule has 2 N–H and O–H groups in total. The van der Waals surface area contributed by atoms with Crippen molar-refractivity contribution in [2.24, 2.45) is 0 Å². The fourth-order valence-electron chi connectivity index (χ4n) is 2.38. The molecule has 2 amide bonds. The number of fused-ring (bicyclic) bond motifs is 2. The highest BCUT2D eigenvalue weighted by molar-refractivity contribution is 5.90. The summed E-state index contributed by atoms with van der Waals surface area (Å²) in [6, 6.07) is 12.4. The second kappa shape index (κ2) is 5.53. The van der Waals surface area contributed by atoms with Crippen LogP contribution in [0.25, 0.3) is 11.0 Å². The van der Waals surface area contributed by atoms with E-state index < -0.39 is 0 Å². The normalized spacial score (nSPS) is 12.3. The lowest BCUT2D eigenvalue weighted by atomic mass is 10.2. The van der Waals surface area contributed by atoms with Crippen LogP contribution >= 0.6 is 0 Å². The molecule has 0 atom stereocenters. The molecule has 0 bridgehead atoms. The zero-order valence-electron chi connectivity index (χ0n) is 12.0. The van der Waals surface area contributed by atoms with Gasteiger partial charge in [-0.05, 0) is 24.3 Å². The van der Waals surface area contributed by atoms with Crippen LogP contribution in [0.4, 0.5) is 10.5 Å². The van der Waals surface area contributed by atoms with E-state index in [9.17, 15) is 4.79 Å². The molecule has 1 aliphatic heterocycles. The Balaban J connectivity index is 1.40. The number of ether oxygens (including phenoxy) is 2. The van der Waals surface area contributed by atoms with Gasteiger partial charge in [-0.2, -0.15) is 0 Å². The van der Waals surface area contributed by atoms with E-state index in [2.05, 4.69) is 15.8 Å². The van der Waals surface area contributed by atoms with Crippen molar-refractivity contribution < 1.29 is 18.8 Å². The molecule has 23 heavy (non-hydrogen) atoms. The number of urea groups is 1. The Morgan fingerprint density at radius 1 is 1.13 bits per heavy atom. The number of benzene rings is 2. The fraction of sp³-hybridized carbons (Fsp3) is 0.125. The Labute approximate surface area is 131 Å². The van der Waals surface area contributed by atoms with E-state index in [0.717, 1.165) is 5.39 Å². The van der Waals surface area contributed by atoms with Gasteiger partial charge in [0.1, 0.15) is 5.69 Å². The molecule has 0 aliphatic carbocycles. The highest BCUT2D eigenvalue weighted by atomic mass is 16.7. The Morgan fingerprint density at radius 2 is 2.00 bits per heavy atom. The molecule has 0 radical (unpaired) electrons. The summed E-state index contributed by atoms with van der Waals surface area (Å²) in [5, 5.41) is 10.3. The van der Waals surface area contributed by atoms with Crippen molar-refractivity contribution in [3.05, 3.63) is 48.2 Å². The van der Waals surface area contributed by atoms with Gasteiger partial charge in [-0.1, -0.05) is 17.3 Å². The minimum atomic E-state index is -0.337. The zero-order chi connectivity index (χ0) is 15.6. The molecule has 4 rings (SSSR count). The molecule has 2 aromatic carbocycles. The highest BCUT2D eigenvalue weighted by Gasteiger charge is 2.14. The average molecular weight is 311 g/mol. The summed E-state index contributed by atoms with van der Waals surface area (Å²) in [5.74, 6) is 1.29. The minimum absolute atomic E-state index is 0.199. The number of rotatable bonds is 3. The highest BCUT2D eigenvalue weighted by Crippen LogP contribution is 2.34. The average Bonchev–Trinajstić information content (AvgIpc) is 3.19. The molecule has 3 aromatic rings. The van der Waals surface area contributed by atoms with E-state index >= 15 is 0 Å². The smallest absolute Gasteiger partial charge is 0.319 e. The fourth-order valence-corrected chi connectivity index (χ4v) is 2.38. The summed E-state index contributed by atoms with van der Waals surface area (Å²) in [6.45, 7) is 0.470. The number of anilines is 1. The van der Waals surface area contributed by atoms with Gasteiger partial charge in [-0.3, -0.25) is 0 Å². The maximum Gasteiger partial charge on any atom is 0.319 e. The van der Waals surface area contributed by atoms with Gasteiger partial charge in [-0.25, -0.2) is 4.79 Å². The van der Waals surface area contributed by atoms with Gasteiger partial charge in [0, 0.05) is 17.1 Å². The van der Waals surface area contributed by atoms with E-state index in [1.54, 1.807) is 18.2 Å². The van der Waals surface area contributed by atoms with Crippen LogP contribution < -0.4 is 20.1 Å². The third-order valence-electron chi connectivity index (χ3n) is 3.50. The van der Waals surface area contributed by atoms with E-state index in [1.807, 2.05) is 24.3 Å². The monoisotopic (exact) mass is 311 g/mol. The topological polar surface area (TPSA) is 85.6 Å². The first-order valence-corrected chi connectivity index (χ1v) is 7.07. The predicted octanol–water partition coefficient (Wildman–Crippen LogP) is 2.88. The van der Waals surface area contributed by atoms with Crippen molar-refractivity contribution in [3.63, 3.8) is 0 Å². The van der Waals surface area contributed by atoms with E-state index in [1.165, 1.54) is 0 Å². The van der Waals surface area contributed by atoms with E-state index in [-0.39, 0.29) is 19.4 Å². The van der Waals surface area contributed by atoms with Crippen LogP contribution in [-0.4, -0.2) is 18.0 Å². The second-order valence-corrected chi connectivity index (χ2v) is 5.00. The van der Waals surface area contributed by atoms with Gasteiger partial charge in [-0.15, -0.1) is 0 Å². The molecule has 0 fully saturated rings. The summed E-state index contributed by atoms with van der Waals surface area (Å²) < 4.78 is 15.7. The van der Waals surface area contributed by atoms with Crippen LogP contribution in [0.5, 0.6) is 11.5 Å². The lowest BCUT2D eigenvalue weighted by Crippen LogP contribution is -2.28. The van der Waals surface area contributed by atoms with Gasteiger partial charge in [0.05, 0.1) is 6.54 Å². The number of hydrogen-bond acceptors (Lipinski definition) is 5. The van der Waals surface area contributed by atoms with Crippen LogP contribution in [0.3, 0.4) is 0 Å². The van der Waals surface area contributed by atoms with Crippen molar-refractivity contribution in [2.75, 3.05) is 12.1 Å². The third-order valence-corrected chi connectivity index (χ3v) is 3.50. The first kappa shape index (κ1) is 13.4. The van der Waals surface area contributed by atoms with Crippen molar-refractivity contribution in [1.82, 2.24) is 10.5 Å². The SMILES string of the molecule is O=C(NCc1noc2ccccc12)Nc1ccc2c(c1)OCO2. The Bertz CT molecular complexity index is 875. The van der Waals surface area contributed by atoms with Crippen molar-refractivity contribution in [3.8, 4) is 11.5 Å². The first-order chi connectivity index (χ1) is 11.3. The molecule has 0 spiro atoms. The van der Waals surface area contributed by atoms with Gasteiger partial charge >= 0.3 is 6.03 Å². The molecule has 1 aromatic heterocycles. The molecule has 116 valence electrons. The van der Waals surface area contributed by atoms with Gasteiger partial charge < -0.3 is 24.6 Å². The summed E-state index contributed by atoms with van der Waals surface area (Å²) in [7, 11) is 0.